The molecule has 71 heavy (non-hydrogen) atoms. The van der Waals surface area contributed by atoms with Crippen LogP contribution < -0.4 is 21.3 Å². The highest BCUT2D eigenvalue weighted by atomic mass is 16.6. The molecule has 0 fully saturated rings. The number of aliphatic hydroxyl groups excluding tert-OH is 1. The zero-order valence-electron chi connectivity index (χ0n) is 43.6. The molecule has 0 radical (unpaired) electrons. The largest absolute Gasteiger partial charge is 0.480 e. The van der Waals surface area contributed by atoms with Gasteiger partial charge in [0.2, 0.25) is 29.5 Å². The number of likely N-dealkylation sites (N-methyl/N-ethyl adjacent to an activating group) is 3. The van der Waals surface area contributed by atoms with Gasteiger partial charge in [0.25, 0.3) is 11.8 Å². The lowest BCUT2D eigenvalue weighted by molar-refractivity contribution is -0.167. The van der Waals surface area contributed by atoms with Gasteiger partial charge < -0.3 is 60.4 Å². The monoisotopic (exact) mass is 1000 g/mol. The first-order chi connectivity index (χ1) is 32.9. The maximum Gasteiger partial charge on any atom is 0.355 e. The number of carbonyl (C=O) groups is 10. The van der Waals surface area contributed by atoms with Gasteiger partial charge in [-0.1, -0.05) is 91.5 Å². The lowest BCUT2D eigenvalue weighted by atomic mass is 9.95. The number of nitrogens with zero attached hydrogens (tertiary/aromatic N) is 3. The average molecular weight is 1000 g/mol. The van der Waals surface area contributed by atoms with Crippen molar-refractivity contribution in [3.63, 3.8) is 0 Å². The summed E-state index contributed by atoms with van der Waals surface area (Å²) in [5.74, 6) is -11.1. The minimum atomic E-state index is -1.83. The number of carbonyl (C=O) groups excluding carboxylic acids is 9. The molecule has 0 bridgehead atoms. The fourth-order valence-electron chi connectivity index (χ4n) is 6.86. The SMILES string of the molecule is C=C(C(=O)N[C@@H](C)C(=O)N(C)[C@@H](C)C(=O)N[C@H](C(=O)N(C)[C@H](C(=O)O)[C@@H](C)OC)[C@H](OC(=O)[C@@H](NC(=O)CC)[C@H](O)C(C)C)C(C)C)N(C)C(=O)[C@@H](Cc1ccccc1)OC(=O)/C(=C\C(C)C)NC(C)=O. The Morgan fingerprint density at radius 2 is 1.34 bits per heavy atom. The van der Waals surface area contributed by atoms with Crippen molar-refractivity contribution >= 4 is 59.3 Å². The molecule has 22 heteroatoms. The Morgan fingerprint density at radius 3 is 1.82 bits per heavy atom. The summed E-state index contributed by atoms with van der Waals surface area (Å²) in [6.45, 7) is 20.2. The number of allylic oxidation sites excluding steroid dienone is 1. The molecule has 1 aromatic carbocycles. The van der Waals surface area contributed by atoms with E-state index < -0.39 is 131 Å². The summed E-state index contributed by atoms with van der Waals surface area (Å²) in [6.07, 6.45) is -4.32. The van der Waals surface area contributed by atoms with Gasteiger partial charge in [0.05, 0.1) is 12.2 Å². The molecule has 0 saturated carbocycles. The summed E-state index contributed by atoms with van der Waals surface area (Å²) in [5.41, 5.74) is -0.0580. The molecule has 7 amide bonds. The summed E-state index contributed by atoms with van der Waals surface area (Å²) in [4.78, 5) is 136. The van der Waals surface area contributed by atoms with Crippen molar-refractivity contribution in [3.05, 3.63) is 59.9 Å². The fourth-order valence-corrected chi connectivity index (χ4v) is 6.86. The van der Waals surface area contributed by atoms with Crippen LogP contribution in [0, 0.1) is 17.8 Å². The van der Waals surface area contributed by atoms with Gasteiger partial charge >= 0.3 is 17.9 Å². The number of benzene rings is 1. The van der Waals surface area contributed by atoms with Crippen molar-refractivity contribution in [1.29, 1.82) is 0 Å². The number of rotatable bonds is 27. The molecule has 396 valence electrons. The van der Waals surface area contributed by atoms with Gasteiger partial charge in [-0.2, -0.15) is 0 Å². The van der Waals surface area contributed by atoms with Gasteiger partial charge in [0.1, 0.15) is 35.6 Å². The molecule has 0 aliphatic rings. The number of methoxy groups -OCH3 is 1. The van der Waals surface area contributed by atoms with Gasteiger partial charge in [-0.05, 0) is 44.1 Å². The number of carboxylic acid groups (broad SMARTS) is 1. The minimum Gasteiger partial charge on any atom is -0.480 e. The predicted octanol–water partition coefficient (Wildman–Crippen LogP) is 1.05. The Kier molecular flexibility index (Phi) is 25.3. The number of hydrogen-bond donors (Lipinski definition) is 6. The van der Waals surface area contributed by atoms with Crippen LogP contribution in [-0.2, 0) is 68.6 Å². The molecule has 22 nitrogen and oxygen atoms in total. The lowest BCUT2D eigenvalue weighted by Gasteiger charge is -2.37. The maximum atomic E-state index is 14.4. The molecule has 0 unspecified atom stereocenters. The highest BCUT2D eigenvalue weighted by Gasteiger charge is 2.44. The standard InChI is InChI=1S/C49H75N7O15/c1-17-36(58)52-37(40(59)26(4)5)49(68)71-41(27(6)7)38(46(64)56(15)39(47(65)66)31(11)69-16)53-43(61)30(10)54(13)44(62)28(8)50-42(60)29(9)55(14)45(63)35(24-33-21-19-18-20-22-33)70-48(67)34(23-25(2)3)51-32(12)57/h18-23,25-28,30-31,35,37-41,59H,9,17,24H2,1-8,10-16H3,(H,50,60)(H,51,57)(H,52,58)(H,53,61)(H,65,66)/b34-23+/t28-,30-,31+,35+,37-,38-,39-,40+,41+/m0/s1. The van der Waals surface area contributed by atoms with Crippen LogP contribution in [0.25, 0.3) is 0 Å². The van der Waals surface area contributed by atoms with Crippen molar-refractivity contribution in [2.24, 2.45) is 17.8 Å². The molecule has 9 atom stereocenters. The first-order valence-corrected chi connectivity index (χ1v) is 23.2. The Balaban J connectivity index is 3.52. The van der Waals surface area contributed by atoms with Crippen LogP contribution in [0.15, 0.2) is 54.4 Å². The van der Waals surface area contributed by atoms with E-state index >= 15 is 0 Å². The normalized spacial score (nSPS) is 15.3. The number of esters is 2. The minimum absolute atomic E-state index is 0.0504. The summed E-state index contributed by atoms with van der Waals surface area (Å²) in [6, 6.07) is 0.708. The van der Waals surface area contributed by atoms with Crippen molar-refractivity contribution in [2.75, 3.05) is 28.3 Å². The Labute approximate surface area is 416 Å². The van der Waals surface area contributed by atoms with Crippen molar-refractivity contribution in [3.8, 4) is 0 Å². The van der Waals surface area contributed by atoms with Gasteiger partial charge in [0.15, 0.2) is 18.2 Å². The summed E-state index contributed by atoms with van der Waals surface area (Å²) >= 11 is 0. The molecule has 0 heterocycles. The second-order valence-corrected chi connectivity index (χ2v) is 18.2. The summed E-state index contributed by atoms with van der Waals surface area (Å²) < 4.78 is 16.7. The molecular formula is C49H75N7O15. The first kappa shape index (κ1) is 62.3. The molecule has 1 rings (SSSR count). The number of ether oxygens (including phenoxy) is 3. The smallest absolute Gasteiger partial charge is 0.355 e. The lowest BCUT2D eigenvalue weighted by Crippen LogP contribution is -2.63. The highest BCUT2D eigenvalue weighted by Crippen LogP contribution is 2.21. The van der Waals surface area contributed by atoms with E-state index in [1.54, 1.807) is 71.9 Å². The van der Waals surface area contributed by atoms with Crippen LogP contribution in [0.5, 0.6) is 0 Å². The van der Waals surface area contributed by atoms with Crippen LogP contribution in [-0.4, -0.2) is 167 Å². The van der Waals surface area contributed by atoms with E-state index in [9.17, 15) is 58.2 Å². The van der Waals surface area contributed by atoms with Crippen molar-refractivity contribution in [2.45, 2.75) is 144 Å². The predicted molar refractivity (Wildman–Crippen MR) is 259 cm³/mol. The van der Waals surface area contributed by atoms with Crippen molar-refractivity contribution in [1.82, 2.24) is 36.0 Å². The molecule has 0 saturated heterocycles. The molecule has 0 aliphatic heterocycles. The second-order valence-electron chi connectivity index (χ2n) is 18.2. The van der Waals surface area contributed by atoms with E-state index in [0.717, 1.165) is 21.7 Å². The number of amides is 7. The number of carboxylic acids is 1. The van der Waals surface area contributed by atoms with Crippen LogP contribution in [0.1, 0.15) is 88.1 Å². The number of nitrogens with one attached hydrogen (secondary N) is 4. The van der Waals surface area contributed by atoms with Crippen LogP contribution >= 0.6 is 0 Å². The third kappa shape index (κ3) is 18.5. The number of hydrogen-bond acceptors (Lipinski definition) is 14. The van der Waals surface area contributed by atoms with E-state index in [0.29, 0.717) is 5.56 Å². The Bertz CT molecular complexity index is 2110. The quantitative estimate of drug-likeness (QED) is 0.0531. The molecule has 6 N–H and O–H groups in total. The summed E-state index contributed by atoms with van der Waals surface area (Å²) in [5, 5.41) is 30.8. The number of aliphatic hydroxyl groups is 1. The van der Waals surface area contributed by atoms with Gasteiger partial charge in [-0.3, -0.25) is 33.6 Å². The Hall–Kier alpha value is -6.68. The van der Waals surface area contributed by atoms with Crippen LogP contribution in [0.2, 0.25) is 0 Å². The maximum absolute atomic E-state index is 14.4. The third-order valence-electron chi connectivity index (χ3n) is 11.4. The van der Waals surface area contributed by atoms with E-state index in [-0.39, 0.29) is 24.5 Å². The zero-order valence-corrected chi connectivity index (χ0v) is 43.6. The van der Waals surface area contributed by atoms with E-state index in [4.69, 9.17) is 14.2 Å². The van der Waals surface area contributed by atoms with Crippen LogP contribution in [0.3, 0.4) is 0 Å². The van der Waals surface area contributed by atoms with Gasteiger partial charge in [-0.25, -0.2) is 14.4 Å². The van der Waals surface area contributed by atoms with E-state index in [1.807, 2.05) is 0 Å². The Morgan fingerprint density at radius 1 is 0.761 bits per heavy atom. The number of aliphatic carboxylic acids is 1. The van der Waals surface area contributed by atoms with Crippen LogP contribution in [0.4, 0.5) is 0 Å². The second kappa shape index (κ2) is 28.9. The van der Waals surface area contributed by atoms with E-state index in [2.05, 4.69) is 27.8 Å². The summed E-state index contributed by atoms with van der Waals surface area (Å²) in [7, 11) is 4.81. The average Bonchev–Trinajstić information content (AvgIpc) is 3.31. The molecule has 0 aromatic heterocycles. The highest BCUT2D eigenvalue weighted by molar-refractivity contribution is 6.01. The first-order valence-electron chi connectivity index (χ1n) is 23.2. The molecular weight excluding hydrogens is 927 g/mol. The van der Waals surface area contributed by atoms with Gasteiger partial charge in [-0.15, -0.1) is 0 Å². The van der Waals surface area contributed by atoms with Crippen molar-refractivity contribution < 1.29 is 72.4 Å². The van der Waals surface area contributed by atoms with E-state index in [1.165, 1.54) is 61.9 Å². The molecule has 1 aromatic rings. The third-order valence-corrected chi connectivity index (χ3v) is 11.4. The van der Waals surface area contributed by atoms with Gasteiger partial charge in [0, 0.05) is 48.0 Å². The topological polar surface area (TPSA) is 297 Å². The fraction of sp³-hybridized carbons (Fsp3) is 0.592. The molecule has 0 aliphatic carbocycles. The molecule has 0 spiro atoms. The zero-order chi connectivity index (χ0) is 54.8.